The molecule has 2 atom stereocenters. The van der Waals surface area contributed by atoms with E-state index in [0.717, 1.165) is 25.7 Å². The summed E-state index contributed by atoms with van der Waals surface area (Å²) >= 11 is 7.10. The summed E-state index contributed by atoms with van der Waals surface area (Å²) in [5.41, 5.74) is 0. The third-order valence-electron chi connectivity index (χ3n) is 5.16. The van der Waals surface area contributed by atoms with Gasteiger partial charge in [0.15, 0.2) is 0 Å². The van der Waals surface area contributed by atoms with Crippen molar-refractivity contribution >= 4 is 37.2 Å². The number of carbonyl (C=O) groups excluding carboxylic acids is 2. The summed E-state index contributed by atoms with van der Waals surface area (Å²) in [5.74, 6) is 0.544. The predicted octanol–water partition coefficient (Wildman–Crippen LogP) is 6.31. The minimum atomic E-state index is -1.57. The minimum absolute atomic E-state index is 0.177. The molecule has 168 valence electrons. The molecule has 29 heavy (non-hydrogen) atoms. The molecule has 0 amide bonds. The molecular weight excluding hydrogens is 458 g/mol. The molecule has 0 N–H and O–H groups in total. The van der Waals surface area contributed by atoms with E-state index in [1.807, 2.05) is 0 Å². The van der Waals surface area contributed by atoms with Crippen LogP contribution in [-0.2, 0) is 36.2 Å². The summed E-state index contributed by atoms with van der Waals surface area (Å²) in [7, 11) is 0. The van der Waals surface area contributed by atoms with Crippen LogP contribution in [0, 0.1) is 0 Å². The Labute approximate surface area is 197 Å². The maximum atomic E-state index is 12.4. The van der Waals surface area contributed by atoms with Crippen LogP contribution in [0.3, 0.4) is 0 Å². The molecule has 7 heteroatoms. The molecule has 0 aliphatic heterocycles. The van der Waals surface area contributed by atoms with Crippen LogP contribution in [0.25, 0.3) is 0 Å². The Kier molecular flexibility index (Phi) is 21.7. The van der Waals surface area contributed by atoms with E-state index in [-0.39, 0.29) is 21.0 Å². The number of hydrogen-bond acceptors (Lipinski definition) is 6. The molecule has 0 saturated heterocycles. The van der Waals surface area contributed by atoms with Crippen molar-refractivity contribution < 1.29 is 36.2 Å². The number of rotatable bonds is 20. The number of carbonyl (C=O) groups is 2. The molecule has 0 fully saturated rings. The summed E-state index contributed by atoms with van der Waals surface area (Å²) < 4.78 is 10.5. The Bertz CT molecular complexity index is 374. The van der Waals surface area contributed by atoms with Gasteiger partial charge in [-0.15, -0.1) is 0 Å². The second kappa shape index (κ2) is 21.5. The molecule has 0 aromatic carbocycles. The Balaban J connectivity index is 4.07. The molecule has 0 aromatic rings. The topological polar surface area (TPSA) is 52.6 Å². The summed E-state index contributed by atoms with van der Waals surface area (Å²) in [6, 6.07) is 0. The molecule has 0 aliphatic carbocycles. The zero-order valence-electron chi connectivity index (χ0n) is 18.7. The van der Waals surface area contributed by atoms with E-state index in [1.54, 1.807) is 0 Å². The van der Waals surface area contributed by atoms with Crippen molar-refractivity contribution in [2.75, 3.05) is 24.7 Å². The van der Waals surface area contributed by atoms with Gasteiger partial charge in [0.2, 0.25) is 0 Å². The van der Waals surface area contributed by atoms with Crippen LogP contribution in [-0.4, -0.2) is 36.7 Å². The monoisotopic (exact) mass is 498 g/mol. The van der Waals surface area contributed by atoms with Crippen LogP contribution in [0.15, 0.2) is 0 Å². The molecule has 0 aliphatic rings. The molecule has 0 radical (unpaired) electrons. The summed E-state index contributed by atoms with van der Waals surface area (Å²) in [6.45, 7) is 5.36. The van der Waals surface area contributed by atoms with Crippen molar-refractivity contribution in [3.05, 3.63) is 0 Å². The molecule has 0 bridgehead atoms. The average molecular weight is 500 g/mol. The predicted molar refractivity (Wildman–Crippen MR) is 124 cm³/mol. The van der Waals surface area contributed by atoms with Gasteiger partial charge < -0.3 is 0 Å². The first-order chi connectivity index (χ1) is 14.1. The maximum absolute atomic E-state index is 12.4. The van der Waals surface area contributed by atoms with Gasteiger partial charge >= 0.3 is 198 Å². The fraction of sp³-hybridized carbons (Fsp3) is 0.909. The summed E-state index contributed by atoms with van der Waals surface area (Å²) in [4.78, 5) is 24.7. The van der Waals surface area contributed by atoms with Gasteiger partial charge in [-0.3, -0.25) is 0 Å². The molecular formula is C22H42O4S2Zn. The first-order valence-electron chi connectivity index (χ1n) is 11.7. The normalized spacial score (nSPS) is 12.8. The van der Waals surface area contributed by atoms with Gasteiger partial charge in [-0.2, -0.15) is 0 Å². The van der Waals surface area contributed by atoms with Gasteiger partial charge in [-0.25, -0.2) is 0 Å². The molecule has 0 heterocycles. The van der Waals surface area contributed by atoms with Crippen LogP contribution < -0.4 is 0 Å². The van der Waals surface area contributed by atoms with Crippen LogP contribution in [0.1, 0.15) is 90.9 Å². The Hall–Kier alpha value is 0.263. The van der Waals surface area contributed by atoms with E-state index >= 15 is 0 Å². The first-order valence-corrected chi connectivity index (χ1v) is 16.3. The van der Waals surface area contributed by atoms with E-state index in [2.05, 4.69) is 39.1 Å². The zero-order chi connectivity index (χ0) is 21.7. The molecule has 4 nitrogen and oxygen atoms in total. The third kappa shape index (κ3) is 16.6. The van der Waals surface area contributed by atoms with Gasteiger partial charge in [0.25, 0.3) is 0 Å². The van der Waals surface area contributed by atoms with E-state index < -0.39 is 17.1 Å². The Morgan fingerprint density at radius 1 is 0.655 bits per heavy atom. The average Bonchev–Trinajstić information content (AvgIpc) is 2.73. The Morgan fingerprint density at radius 3 is 1.34 bits per heavy atom. The quantitative estimate of drug-likeness (QED) is 0.0891. The van der Waals surface area contributed by atoms with Gasteiger partial charge in [0.1, 0.15) is 0 Å². The molecule has 2 unspecified atom stereocenters. The van der Waals surface area contributed by atoms with Crippen LogP contribution in [0.2, 0.25) is 9.02 Å². The van der Waals surface area contributed by atoms with Crippen LogP contribution in [0.5, 0.6) is 0 Å². The number of ether oxygens (including phenoxy) is 2. The SMILES string of the molecule is CCCCCCCCOC(=O)[CH](CS)[Zn][CH](CS)C(=O)OCCCCCCCC. The zero-order valence-corrected chi connectivity index (χ0v) is 23.5. The number of unbranched alkanes of at least 4 members (excludes halogenated alkanes) is 10. The molecule has 0 saturated carbocycles. The van der Waals surface area contributed by atoms with Gasteiger partial charge in [-0.05, 0) is 0 Å². The van der Waals surface area contributed by atoms with Crippen molar-refractivity contribution in [3.8, 4) is 0 Å². The fourth-order valence-corrected chi connectivity index (χ4v) is 8.40. The van der Waals surface area contributed by atoms with E-state index in [4.69, 9.17) is 9.47 Å². The van der Waals surface area contributed by atoms with Crippen molar-refractivity contribution in [1.29, 1.82) is 0 Å². The summed E-state index contributed by atoms with van der Waals surface area (Å²) in [5, 5.41) is 0. The van der Waals surface area contributed by atoms with Crippen molar-refractivity contribution in [2.24, 2.45) is 0 Å². The van der Waals surface area contributed by atoms with E-state index in [1.165, 1.54) is 51.4 Å². The van der Waals surface area contributed by atoms with Gasteiger partial charge in [0.05, 0.1) is 0 Å². The van der Waals surface area contributed by atoms with Gasteiger partial charge in [0, 0.05) is 0 Å². The molecule has 0 aromatic heterocycles. The fourth-order valence-electron chi connectivity index (χ4n) is 3.18. The van der Waals surface area contributed by atoms with Crippen molar-refractivity contribution in [1.82, 2.24) is 0 Å². The van der Waals surface area contributed by atoms with Crippen molar-refractivity contribution in [2.45, 2.75) is 99.9 Å². The third-order valence-corrected chi connectivity index (χ3v) is 13.1. The van der Waals surface area contributed by atoms with Crippen LogP contribution >= 0.6 is 25.3 Å². The van der Waals surface area contributed by atoms with Gasteiger partial charge in [-0.1, -0.05) is 0 Å². The van der Waals surface area contributed by atoms with Crippen LogP contribution in [0.4, 0.5) is 0 Å². The number of esters is 2. The van der Waals surface area contributed by atoms with Crippen molar-refractivity contribution in [3.63, 3.8) is 0 Å². The molecule has 0 rings (SSSR count). The number of thiol groups is 2. The second-order valence-corrected chi connectivity index (χ2v) is 13.7. The standard InChI is InChI=1S/2C11H21O2S.Zn/c2*1-2-3-4-5-6-7-9-13-11(12)8-10-14;/h2*8,14H,2-7,9-10H2,1H3;. The summed E-state index contributed by atoms with van der Waals surface area (Å²) in [6.07, 6.45) is 14.0. The van der Waals surface area contributed by atoms with E-state index in [0.29, 0.717) is 24.7 Å². The molecule has 0 spiro atoms. The number of hydrogen-bond donors (Lipinski definition) is 2. The van der Waals surface area contributed by atoms with E-state index in [9.17, 15) is 9.59 Å². The Morgan fingerprint density at radius 2 is 1.00 bits per heavy atom. The first kappa shape index (κ1) is 29.3. The second-order valence-electron chi connectivity index (χ2n) is 7.87.